The number of alkyl halides is 1. The summed E-state index contributed by atoms with van der Waals surface area (Å²) in [6, 6.07) is 10.5. The van der Waals surface area contributed by atoms with Crippen molar-refractivity contribution in [2.75, 3.05) is 12.1 Å². The maximum absolute atomic E-state index is 12.5. The van der Waals surface area contributed by atoms with Gasteiger partial charge in [0.1, 0.15) is 0 Å². The molecule has 5 nitrogen and oxygen atoms in total. The Morgan fingerprint density at radius 3 is 2.56 bits per heavy atom. The SMILES string of the molecule is O=C1Nc2ccc(Cl)cc2C1(Cl)c1cccc2c1OCO2.O=S(Cl)Cl. The lowest BCUT2D eigenvalue weighted by molar-refractivity contribution is -0.117. The summed E-state index contributed by atoms with van der Waals surface area (Å²) >= 11 is 12.8. The second-order valence-corrected chi connectivity index (χ2v) is 8.55. The minimum atomic E-state index is -1.67. The molecule has 0 spiro atoms. The van der Waals surface area contributed by atoms with Gasteiger partial charge in [-0.1, -0.05) is 35.3 Å². The average Bonchev–Trinajstić information content (AvgIpc) is 3.11. The van der Waals surface area contributed by atoms with Crippen LogP contribution in [0.2, 0.25) is 5.02 Å². The van der Waals surface area contributed by atoms with Gasteiger partial charge in [0, 0.05) is 43.2 Å². The van der Waals surface area contributed by atoms with Crippen LogP contribution in [-0.2, 0) is 18.9 Å². The summed E-state index contributed by atoms with van der Waals surface area (Å²) in [5, 5.41) is 3.29. The van der Waals surface area contributed by atoms with E-state index in [0.29, 0.717) is 33.3 Å². The molecule has 2 aliphatic heterocycles. The molecule has 1 unspecified atom stereocenters. The number of anilines is 1. The molecule has 0 fully saturated rings. The maximum Gasteiger partial charge on any atom is 0.254 e. The van der Waals surface area contributed by atoms with Crippen LogP contribution in [0.3, 0.4) is 0 Å². The smallest absolute Gasteiger partial charge is 0.254 e. The first-order valence-electron chi connectivity index (χ1n) is 6.78. The molecule has 25 heavy (non-hydrogen) atoms. The monoisotopic (exact) mass is 439 g/mol. The Hall–Kier alpha value is -1.18. The van der Waals surface area contributed by atoms with E-state index in [9.17, 15) is 4.79 Å². The highest BCUT2D eigenvalue weighted by molar-refractivity contribution is 8.26. The molecule has 2 aliphatic rings. The highest BCUT2D eigenvalue weighted by Gasteiger charge is 2.49. The van der Waals surface area contributed by atoms with Gasteiger partial charge in [0.05, 0.1) is 0 Å². The van der Waals surface area contributed by atoms with Crippen molar-refractivity contribution in [2.24, 2.45) is 0 Å². The Kier molecular flexibility index (Phi) is 5.37. The van der Waals surface area contributed by atoms with Crippen LogP contribution in [0.15, 0.2) is 36.4 Å². The van der Waals surface area contributed by atoms with Crippen molar-refractivity contribution < 1.29 is 18.5 Å². The van der Waals surface area contributed by atoms with Crippen LogP contribution in [0.4, 0.5) is 5.69 Å². The van der Waals surface area contributed by atoms with Crippen molar-refractivity contribution in [3.05, 3.63) is 52.5 Å². The maximum atomic E-state index is 12.5. The molecular weight excluding hydrogens is 432 g/mol. The molecule has 1 amide bonds. The van der Waals surface area contributed by atoms with Crippen LogP contribution in [0.5, 0.6) is 11.5 Å². The van der Waals surface area contributed by atoms with Crippen molar-refractivity contribution in [1.82, 2.24) is 0 Å². The summed E-state index contributed by atoms with van der Waals surface area (Å²) in [6.07, 6.45) is 0. The molecule has 2 aromatic rings. The number of amides is 1. The van der Waals surface area contributed by atoms with Gasteiger partial charge in [0.2, 0.25) is 16.0 Å². The number of nitrogens with one attached hydrogen (secondary N) is 1. The number of para-hydroxylation sites is 1. The van der Waals surface area contributed by atoms with E-state index in [2.05, 4.69) is 26.7 Å². The highest BCUT2D eigenvalue weighted by atomic mass is 36.0. The van der Waals surface area contributed by atoms with Gasteiger partial charge in [-0.3, -0.25) is 4.79 Å². The highest BCUT2D eigenvalue weighted by Crippen LogP contribution is 2.52. The lowest BCUT2D eigenvalue weighted by atomic mass is 9.90. The number of fused-ring (bicyclic) bond motifs is 2. The standard InChI is InChI=1S/C15H9Cl2NO3.Cl2OS/c16-8-4-5-11-10(6-8)15(17,14(19)18-11)9-2-1-3-12-13(9)21-7-20-12;1-4(2)3/h1-6H,7H2,(H,18,19);. The molecule has 1 N–H and O–H groups in total. The first-order valence-corrected chi connectivity index (χ1v) is 10.3. The van der Waals surface area contributed by atoms with Crippen LogP contribution in [0.1, 0.15) is 11.1 Å². The molecule has 10 heteroatoms. The fraction of sp³-hybridized carbons (Fsp3) is 0.133. The fourth-order valence-corrected chi connectivity index (χ4v) is 3.23. The van der Waals surface area contributed by atoms with E-state index in [1.54, 1.807) is 36.4 Å². The largest absolute Gasteiger partial charge is 0.454 e. The summed E-state index contributed by atoms with van der Waals surface area (Å²) < 4.78 is 19.9. The van der Waals surface area contributed by atoms with E-state index >= 15 is 0 Å². The van der Waals surface area contributed by atoms with Gasteiger partial charge in [-0.2, -0.15) is 0 Å². The van der Waals surface area contributed by atoms with Gasteiger partial charge in [0.25, 0.3) is 5.91 Å². The number of carbonyl (C=O) groups is 1. The summed E-state index contributed by atoms with van der Waals surface area (Å²) in [6.45, 7) is 0.114. The summed E-state index contributed by atoms with van der Waals surface area (Å²) in [5.41, 5.74) is 1.82. The van der Waals surface area contributed by atoms with Crippen LogP contribution in [0.25, 0.3) is 0 Å². The minimum absolute atomic E-state index is 0.114. The van der Waals surface area contributed by atoms with Crippen LogP contribution < -0.4 is 14.8 Å². The average molecular weight is 441 g/mol. The Morgan fingerprint density at radius 1 is 1.12 bits per heavy atom. The van der Waals surface area contributed by atoms with Gasteiger partial charge in [0.15, 0.2) is 16.4 Å². The molecule has 0 bridgehead atoms. The number of halogens is 4. The molecule has 2 aromatic carbocycles. The predicted octanol–water partition coefficient (Wildman–Crippen LogP) is 4.55. The third-order valence-corrected chi connectivity index (χ3v) is 4.50. The Labute approximate surface area is 164 Å². The van der Waals surface area contributed by atoms with E-state index in [1.165, 1.54) is 0 Å². The zero-order chi connectivity index (χ0) is 18.2. The Bertz CT molecular complexity index is 875. The zero-order valence-corrected chi connectivity index (χ0v) is 16.1. The normalized spacial score (nSPS) is 20.0. The van der Waals surface area contributed by atoms with Gasteiger partial charge in [-0.25, -0.2) is 4.21 Å². The second kappa shape index (κ2) is 7.21. The number of benzene rings is 2. The molecule has 1 atom stereocenters. The number of ether oxygens (including phenoxy) is 2. The van der Waals surface area contributed by atoms with Crippen molar-refractivity contribution in [3.8, 4) is 11.5 Å². The molecule has 132 valence electrons. The third-order valence-electron chi connectivity index (χ3n) is 3.68. The quantitative estimate of drug-likeness (QED) is 0.522. The first-order chi connectivity index (χ1) is 11.8. The molecule has 0 saturated heterocycles. The predicted molar refractivity (Wildman–Crippen MR) is 99.1 cm³/mol. The van der Waals surface area contributed by atoms with Crippen molar-refractivity contribution in [1.29, 1.82) is 0 Å². The number of hydrogen-bond donors (Lipinski definition) is 1. The minimum Gasteiger partial charge on any atom is -0.454 e. The van der Waals surface area contributed by atoms with E-state index in [4.69, 9.17) is 36.9 Å². The fourth-order valence-electron chi connectivity index (χ4n) is 2.71. The topological polar surface area (TPSA) is 64.6 Å². The van der Waals surface area contributed by atoms with Crippen molar-refractivity contribution in [3.63, 3.8) is 0 Å². The van der Waals surface area contributed by atoms with Gasteiger partial charge in [-0.05, 0) is 24.3 Å². The van der Waals surface area contributed by atoms with Crippen LogP contribution in [0, 0.1) is 0 Å². The molecule has 0 saturated carbocycles. The molecule has 2 heterocycles. The van der Waals surface area contributed by atoms with Crippen molar-refractivity contribution in [2.45, 2.75) is 4.87 Å². The Balaban J connectivity index is 0.000000415. The molecule has 0 radical (unpaired) electrons. The summed E-state index contributed by atoms with van der Waals surface area (Å²) in [5.74, 6) is 0.747. The first kappa shape index (κ1) is 18.6. The summed E-state index contributed by atoms with van der Waals surface area (Å²) in [7, 11) is 7.36. The van der Waals surface area contributed by atoms with E-state index < -0.39 is 14.1 Å². The lowest BCUT2D eigenvalue weighted by Crippen LogP contribution is -2.30. The number of carbonyl (C=O) groups excluding carboxylic acids is 1. The zero-order valence-electron chi connectivity index (χ0n) is 12.2. The second-order valence-electron chi connectivity index (χ2n) is 5.03. The van der Waals surface area contributed by atoms with E-state index in [-0.39, 0.29) is 12.7 Å². The third kappa shape index (κ3) is 3.41. The number of hydrogen-bond acceptors (Lipinski definition) is 4. The molecule has 0 aromatic heterocycles. The lowest BCUT2D eigenvalue weighted by Gasteiger charge is -2.21. The van der Waals surface area contributed by atoms with Gasteiger partial charge < -0.3 is 14.8 Å². The van der Waals surface area contributed by atoms with E-state index in [0.717, 1.165) is 0 Å². The van der Waals surface area contributed by atoms with E-state index in [1.807, 2.05) is 0 Å². The van der Waals surface area contributed by atoms with Crippen LogP contribution >= 0.6 is 44.6 Å². The molecule has 4 rings (SSSR count). The Morgan fingerprint density at radius 2 is 1.84 bits per heavy atom. The van der Waals surface area contributed by atoms with Crippen molar-refractivity contribution >= 4 is 65.4 Å². The van der Waals surface area contributed by atoms with Gasteiger partial charge >= 0.3 is 0 Å². The number of rotatable bonds is 1. The molecule has 0 aliphatic carbocycles. The molecular formula is C15H9Cl4NO4S. The summed E-state index contributed by atoms with van der Waals surface area (Å²) in [4.78, 5) is 11.1. The van der Waals surface area contributed by atoms with Crippen LogP contribution in [-0.4, -0.2) is 16.9 Å². The van der Waals surface area contributed by atoms with Gasteiger partial charge in [-0.15, -0.1) is 0 Å².